The van der Waals surface area contributed by atoms with E-state index in [1.165, 1.54) is 4.90 Å². The van der Waals surface area contributed by atoms with E-state index in [4.69, 9.17) is 9.47 Å². The molecule has 2 unspecified atom stereocenters. The number of carbonyl (C=O) groups is 3. The van der Waals surface area contributed by atoms with Crippen LogP contribution in [0.25, 0.3) is 0 Å². The van der Waals surface area contributed by atoms with Crippen LogP contribution in [0.4, 0.5) is 4.79 Å². The number of hydrogen-bond acceptors (Lipinski definition) is 5. The van der Waals surface area contributed by atoms with Crippen molar-refractivity contribution in [3.8, 4) is 0 Å². The Labute approximate surface area is 132 Å². The van der Waals surface area contributed by atoms with Gasteiger partial charge in [0.25, 0.3) is 0 Å². The van der Waals surface area contributed by atoms with Gasteiger partial charge < -0.3 is 9.47 Å². The fourth-order valence-corrected chi connectivity index (χ4v) is 2.47. The Hall–Kier alpha value is -1.59. The van der Waals surface area contributed by atoms with Crippen LogP contribution in [-0.4, -0.2) is 47.0 Å². The van der Waals surface area contributed by atoms with E-state index in [2.05, 4.69) is 0 Å². The van der Waals surface area contributed by atoms with Gasteiger partial charge in [0, 0.05) is 12.5 Å². The van der Waals surface area contributed by atoms with Gasteiger partial charge in [-0.25, -0.2) is 9.59 Å². The van der Waals surface area contributed by atoms with Gasteiger partial charge in [0.2, 0.25) is 0 Å². The highest BCUT2D eigenvalue weighted by Gasteiger charge is 2.52. The van der Waals surface area contributed by atoms with Crippen molar-refractivity contribution in [2.45, 2.75) is 72.6 Å². The van der Waals surface area contributed by atoms with Gasteiger partial charge in [-0.05, 0) is 33.1 Å². The van der Waals surface area contributed by atoms with Gasteiger partial charge in [-0.2, -0.15) is 0 Å². The van der Waals surface area contributed by atoms with Crippen molar-refractivity contribution in [2.75, 3.05) is 6.61 Å². The summed E-state index contributed by atoms with van der Waals surface area (Å²) in [6.45, 7) is 12.8. The zero-order valence-electron chi connectivity index (χ0n) is 14.6. The van der Waals surface area contributed by atoms with Crippen LogP contribution in [0.15, 0.2) is 0 Å². The van der Waals surface area contributed by atoms with E-state index in [0.29, 0.717) is 0 Å². The van der Waals surface area contributed by atoms with Crippen molar-refractivity contribution < 1.29 is 23.9 Å². The van der Waals surface area contributed by atoms with Crippen LogP contribution in [-0.2, 0) is 19.1 Å². The van der Waals surface area contributed by atoms with Gasteiger partial charge in [0.05, 0.1) is 6.61 Å². The summed E-state index contributed by atoms with van der Waals surface area (Å²) in [6.07, 6.45) is -0.525. The fourth-order valence-electron chi connectivity index (χ4n) is 2.47. The maximum absolute atomic E-state index is 12.5. The Morgan fingerprint density at radius 3 is 2.14 bits per heavy atom. The number of carbonyl (C=O) groups excluding carboxylic acids is 3. The van der Waals surface area contributed by atoms with Crippen molar-refractivity contribution >= 4 is 17.8 Å². The lowest BCUT2D eigenvalue weighted by atomic mass is 9.85. The Balaban J connectivity index is 3.16. The zero-order chi connectivity index (χ0) is 17.3. The van der Waals surface area contributed by atoms with E-state index in [0.717, 1.165) is 0 Å². The third kappa shape index (κ3) is 4.21. The predicted octanol–water partition coefficient (Wildman–Crippen LogP) is 2.54. The highest BCUT2D eigenvalue weighted by atomic mass is 16.6. The fraction of sp³-hybridized carbons (Fsp3) is 0.812. The van der Waals surface area contributed by atoms with E-state index >= 15 is 0 Å². The molecule has 0 radical (unpaired) electrons. The van der Waals surface area contributed by atoms with Crippen molar-refractivity contribution in [1.29, 1.82) is 0 Å². The summed E-state index contributed by atoms with van der Waals surface area (Å²) in [6, 6.07) is -1.61. The highest BCUT2D eigenvalue weighted by Crippen LogP contribution is 2.36. The average Bonchev–Trinajstić information content (AvgIpc) is 2.64. The van der Waals surface area contributed by atoms with E-state index in [1.807, 2.05) is 20.8 Å². The summed E-state index contributed by atoms with van der Waals surface area (Å²) in [4.78, 5) is 38.2. The van der Waals surface area contributed by atoms with Gasteiger partial charge in [0.15, 0.2) is 11.8 Å². The quantitative estimate of drug-likeness (QED) is 0.578. The minimum Gasteiger partial charge on any atom is -0.464 e. The molecule has 0 aromatic heterocycles. The second-order valence-electron chi connectivity index (χ2n) is 7.59. The summed E-state index contributed by atoms with van der Waals surface area (Å²) in [7, 11) is 0. The molecular formula is C16H27NO5. The first kappa shape index (κ1) is 18.5. The molecule has 1 aliphatic rings. The van der Waals surface area contributed by atoms with E-state index in [1.54, 1.807) is 27.7 Å². The van der Waals surface area contributed by atoms with Crippen molar-refractivity contribution in [3.05, 3.63) is 0 Å². The standard InChI is InChI=1S/C16H27NO5/c1-8-21-13(19)12-10(18)9-11(15(2,3)4)17(12)14(20)22-16(5,6)7/h11-12H,8-9H2,1-7H3. The second kappa shape index (κ2) is 6.26. The van der Waals surface area contributed by atoms with Gasteiger partial charge in [0.1, 0.15) is 5.60 Å². The number of nitrogens with zero attached hydrogens (tertiary/aromatic N) is 1. The number of ether oxygens (including phenoxy) is 2. The van der Waals surface area contributed by atoms with Crippen LogP contribution < -0.4 is 0 Å². The van der Waals surface area contributed by atoms with Gasteiger partial charge >= 0.3 is 12.1 Å². The molecule has 6 nitrogen and oxygen atoms in total. The molecule has 126 valence electrons. The molecule has 0 aromatic carbocycles. The minimum atomic E-state index is -1.21. The molecule has 0 bridgehead atoms. The number of Topliss-reactive ketones (excluding diaryl/α,β-unsaturated/α-hetero) is 1. The largest absolute Gasteiger partial charge is 0.464 e. The average molecular weight is 313 g/mol. The van der Waals surface area contributed by atoms with Crippen LogP contribution >= 0.6 is 0 Å². The van der Waals surface area contributed by atoms with Crippen molar-refractivity contribution in [3.63, 3.8) is 0 Å². The lowest BCUT2D eigenvalue weighted by Gasteiger charge is -2.37. The Morgan fingerprint density at radius 1 is 1.18 bits per heavy atom. The SMILES string of the molecule is CCOC(=O)C1C(=O)CC(C(C)(C)C)N1C(=O)OC(C)(C)C. The third-order valence-electron chi connectivity index (χ3n) is 3.43. The molecule has 2 atom stereocenters. The number of hydrogen-bond donors (Lipinski definition) is 0. The lowest BCUT2D eigenvalue weighted by molar-refractivity contribution is -0.151. The molecule has 1 heterocycles. The predicted molar refractivity (Wildman–Crippen MR) is 81.4 cm³/mol. The highest BCUT2D eigenvalue weighted by molar-refractivity contribution is 6.07. The monoisotopic (exact) mass is 313 g/mol. The summed E-state index contributed by atoms with van der Waals surface area (Å²) in [5.41, 5.74) is -1.06. The van der Waals surface area contributed by atoms with Crippen LogP contribution in [0.5, 0.6) is 0 Å². The first-order valence-electron chi connectivity index (χ1n) is 7.59. The van der Waals surface area contributed by atoms with Crippen LogP contribution in [0, 0.1) is 5.41 Å². The molecule has 0 aliphatic carbocycles. The summed E-state index contributed by atoms with van der Waals surface area (Å²) >= 11 is 0. The smallest absolute Gasteiger partial charge is 0.411 e. The maximum Gasteiger partial charge on any atom is 0.411 e. The second-order valence-corrected chi connectivity index (χ2v) is 7.59. The molecule has 1 rings (SSSR count). The zero-order valence-corrected chi connectivity index (χ0v) is 14.6. The van der Waals surface area contributed by atoms with E-state index < -0.39 is 29.7 Å². The topological polar surface area (TPSA) is 72.9 Å². The Morgan fingerprint density at radius 2 is 1.73 bits per heavy atom. The number of amides is 1. The number of esters is 1. The first-order chi connectivity index (χ1) is 9.88. The Bertz CT molecular complexity index is 458. The maximum atomic E-state index is 12.5. The molecule has 1 fully saturated rings. The summed E-state index contributed by atoms with van der Waals surface area (Å²) < 4.78 is 10.3. The molecule has 22 heavy (non-hydrogen) atoms. The number of ketones is 1. The third-order valence-corrected chi connectivity index (χ3v) is 3.43. The molecule has 0 spiro atoms. The van der Waals surface area contributed by atoms with Crippen LogP contribution in [0.3, 0.4) is 0 Å². The molecule has 0 aromatic rings. The van der Waals surface area contributed by atoms with Gasteiger partial charge in [-0.1, -0.05) is 20.8 Å². The molecule has 1 aliphatic heterocycles. The molecule has 1 amide bonds. The van der Waals surface area contributed by atoms with E-state index in [-0.39, 0.29) is 24.2 Å². The molecule has 0 saturated carbocycles. The van der Waals surface area contributed by atoms with Gasteiger partial charge in [-0.3, -0.25) is 9.69 Å². The first-order valence-corrected chi connectivity index (χ1v) is 7.59. The van der Waals surface area contributed by atoms with E-state index in [9.17, 15) is 14.4 Å². The van der Waals surface area contributed by atoms with Crippen molar-refractivity contribution in [2.24, 2.45) is 5.41 Å². The van der Waals surface area contributed by atoms with Crippen LogP contribution in [0.1, 0.15) is 54.9 Å². The molecule has 1 saturated heterocycles. The normalized spacial score (nSPS) is 22.7. The minimum absolute atomic E-state index is 0.131. The molecular weight excluding hydrogens is 286 g/mol. The Kier molecular flexibility index (Phi) is 5.25. The van der Waals surface area contributed by atoms with Crippen LogP contribution in [0.2, 0.25) is 0 Å². The lowest BCUT2D eigenvalue weighted by Crippen LogP contribution is -2.52. The summed E-state index contributed by atoms with van der Waals surface area (Å²) in [5.74, 6) is -0.991. The number of likely N-dealkylation sites (tertiary alicyclic amines) is 1. The molecule has 6 heteroatoms. The van der Waals surface area contributed by atoms with Gasteiger partial charge in [-0.15, -0.1) is 0 Å². The van der Waals surface area contributed by atoms with Crippen molar-refractivity contribution in [1.82, 2.24) is 4.90 Å². The number of rotatable bonds is 2. The molecule has 0 N–H and O–H groups in total. The summed E-state index contributed by atoms with van der Waals surface area (Å²) in [5, 5.41) is 0.